The van der Waals surface area contributed by atoms with Gasteiger partial charge in [-0.05, 0) is 18.6 Å². The zero-order valence-electron chi connectivity index (χ0n) is 8.87. The molecule has 1 heterocycles. The van der Waals surface area contributed by atoms with Gasteiger partial charge in [-0.15, -0.1) is 0 Å². The molecule has 0 aliphatic heterocycles. The normalized spacial score (nSPS) is 9.80. The van der Waals surface area contributed by atoms with Gasteiger partial charge in [0.25, 0.3) is 0 Å². The van der Waals surface area contributed by atoms with Crippen molar-refractivity contribution in [2.75, 3.05) is 0 Å². The van der Waals surface area contributed by atoms with Crippen LogP contribution in [0.15, 0.2) is 30.6 Å². The number of benzene rings is 1. The highest BCUT2D eigenvalue weighted by atomic mass is 19.1. The Kier molecular flexibility index (Phi) is 3.21. The number of halogens is 1. The van der Waals surface area contributed by atoms with Crippen molar-refractivity contribution in [3.63, 3.8) is 0 Å². The van der Waals surface area contributed by atoms with E-state index in [4.69, 9.17) is 0 Å². The van der Waals surface area contributed by atoms with Crippen molar-refractivity contribution in [2.45, 2.75) is 6.92 Å². The van der Waals surface area contributed by atoms with E-state index >= 15 is 0 Å². The fourth-order valence-corrected chi connectivity index (χ4v) is 1.41. The van der Waals surface area contributed by atoms with E-state index in [0.717, 1.165) is 11.1 Å². The number of hydrogen-bond acceptors (Lipinski definition) is 2. The van der Waals surface area contributed by atoms with Crippen LogP contribution in [0.2, 0.25) is 0 Å². The van der Waals surface area contributed by atoms with Crippen LogP contribution in [-0.4, -0.2) is 9.78 Å². The second-order valence-corrected chi connectivity index (χ2v) is 3.39. The van der Waals surface area contributed by atoms with E-state index in [2.05, 4.69) is 5.10 Å². The molecular weight excluding hydrogens is 193 g/mol. The van der Waals surface area contributed by atoms with Crippen LogP contribution in [0.5, 0.6) is 0 Å². The quantitative estimate of drug-likeness (QED) is 0.781. The summed E-state index contributed by atoms with van der Waals surface area (Å²) < 4.78 is 15.2. The third-order valence-electron chi connectivity index (χ3n) is 2.14. The van der Waals surface area contributed by atoms with Crippen LogP contribution in [0.25, 0.3) is 11.1 Å². The molecule has 0 radical (unpaired) electrons. The number of aromatic nitrogens is 2. The van der Waals surface area contributed by atoms with Gasteiger partial charge in [-0.2, -0.15) is 5.10 Å². The molecule has 4 heteroatoms. The third-order valence-corrected chi connectivity index (χ3v) is 2.14. The summed E-state index contributed by atoms with van der Waals surface area (Å²) in [4.78, 5) is 0. The number of hydrogen-bond donors (Lipinski definition) is 1. The monoisotopic (exact) mass is 207 g/mol. The molecule has 2 aromatic rings. The topological polar surface area (TPSA) is 52.8 Å². The Hall–Kier alpha value is -1.68. The molecule has 0 bridgehead atoms. The first-order valence-corrected chi connectivity index (χ1v) is 4.42. The highest BCUT2D eigenvalue weighted by Gasteiger charge is 2.06. The van der Waals surface area contributed by atoms with Crippen LogP contribution in [0.4, 0.5) is 4.39 Å². The van der Waals surface area contributed by atoms with Crippen molar-refractivity contribution in [2.24, 2.45) is 7.05 Å². The summed E-state index contributed by atoms with van der Waals surface area (Å²) in [5, 5.41) is 4.01. The van der Waals surface area contributed by atoms with E-state index in [1.54, 1.807) is 23.1 Å². The molecule has 0 amide bonds. The van der Waals surface area contributed by atoms with Crippen LogP contribution >= 0.6 is 0 Å². The Morgan fingerprint density at radius 2 is 2.07 bits per heavy atom. The SMILES string of the molecule is Cc1ccc(-c2cnn(C)c2)c(F)c1.N. The predicted molar refractivity (Wildman–Crippen MR) is 58.4 cm³/mol. The Balaban J connectivity index is 0.00000112. The van der Waals surface area contributed by atoms with Crippen molar-refractivity contribution >= 4 is 0 Å². The van der Waals surface area contributed by atoms with Gasteiger partial charge in [-0.1, -0.05) is 12.1 Å². The van der Waals surface area contributed by atoms with Gasteiger partial charge in [0.1, 0.15) is 5.82 Å². The molecule has 0 saturated carbocycles. The van der Waals surface area contributed by atoms with Crippen LogP contribution in [0.1, 0.15) is 5.56 Å². The van der Waals surface area contributed by atoms with Crippen molar-refractivity contribution in [1.29, 1.82) is 0 Å². The maximum atomic E-state index is 13.5. The van der Waals surface area contributed by atoms with Gasteiger partial charge < -0.3 is 6.15 Å². The minimum Gasteiger partial charge on any atom is -0.344 e. The summed E-state index contributed by atoms with van der Waals surface area (Å²) in [6.45, 7) is 1.87. The summed E-state index contributed by atoms with van der Waals surface area (Å²) in [6.07, 6.45) is 3.46. The Labute approximate surface area is 88.1 Å². The predicted octanol–water partition coefficient (Wildman–Crippen LogP) is 2.70. The van der Waals surface area contributed by atoms with E-state index in [-0.39, 0.29) is 12.0 Å². The summed E-state index contributed by atoms with van der Waals surface area (Å²) >= 11 is 0. The van der Waals surface area contributed by atoms with Crippen molar-refractivity contribution in [1.82, 2.24) is 15.9 Å². The molecule has 0 aliphatic rings. The lowest BCUT2D eigenvalue weighted by Crippen LogP contribution is -1.85. The molecular formula is C11H14FN3. The van der Waals surface area contributed by atoms with Crippen molar-refractivity contribution in [3.05, 3.63) is 42.0 Å². The number of aryl methyl sites for hydroxylation is 2. The molecule has 2 rings (SSSR count). The fraction of sp³-hybridized carbons (Fsp3) is 0.182. The first kappa shape index (κ1) is 11.4. The van der Waals surface area contributed by atoms with Crippen LogP contribution in [-0.2, 0) is 7.05 Å². The van der Waals surface area contributed by atoms with Crippen LogP contribution in [0.3, 0.4) is 0 Å². The van der Waals surface area contributed by atoms with Gasteiger partial charge in [0, 0.05) is 24.4 Å². The molecule has 0 atom stereocenters. The Morgan fingerprint density at radius 1 is 1.33 bits per heavy atom. The van der Waals surface area contributed by atoms with E-state index in [0.29, 0.717) is 5.56 Å². The first-order valence-electron chi connectivity index (χ1n) is 4.42. The first-order chi connectivity index (χ1) is 6.66. The molecule has 3 N–H and O–H groups in total. The summed E-state index contributed by atoms with van der Waals surface area (Å²) in [5.74, 6) is -0.196. The van der Waals surface area contributed by atoms with Gasteiger partial charge >= 0.3 is 0 Å². The van der Waals surface area contributed by atoms with Crippen molar-refractivity contribution in [3.8, 4) is 11.1 Å². The van der Waals surface area contributed by atoms with Gasteiger partial charge in [-0.25, -0.2) is 4.39 Å². The highest BCUT2D eigenvalue weighted by Crippen LogP contribution is 2.22. The van der Waals surface area contributed by atoms with Gasteiger partial charge in [0.05, 0.1) is 6.20 Å². The summed E-state index contributed by atoms with van der Waals surface area (Å²) in [7, 11) is 1.82. The molecule has 0 fully saturated rings. The second kappa shape index (κ2) is 4.23. The van der Waals surface area contributed by atoms with E-state index < -0.39 is 0 Å². The lowest BCUT2D eigenvalue weighted by atomic mass is 10.1. The van der Waals surface area contributed by atoms with Crippen LogP contribution < -0.4 is 6.15 Å². The average Bonchev–Trinajstić information content (AvgIpc) is 2.51. The fourth-order valence-electron chi connectivity index (χ4n) is 1.41. The second-order valence-electron chi connectivity index (χ2n) is 3.39. The zero-order chi connectivity index (χ0) is 10.1. The molecule has 0 unspecified atom stereocenters. The molecule has 0 aliphatic carbocycles. The molecule has 1 aromatic carbocycles. The third kappa shape index (κ3) is 2.22. The smallest absolute Gasteiger partial charge is 0.131 e. The van der Waals surface area contributed by atoms with Gasteiger partial charge in [-0.3, -0.25) is 4.68 Å². The standard InChI is InChI=1S/C11H11FN2.H3N/c1-8-3-4-10(11(12)5-8)9-6-13-14(2)7-9;/h3-7H,1-2H3;1H3. The lowest BCUT2D eigenvalue weighted by molar-refractivity contribution is 0.630. The molecule has 0 spiro atoms. The highest BCUT2D eigenvalue weighted by molar-refractivity contribution is 5.62. The average molecular weight is 207 g/mol. The van der Waals surface area contributed by atoms with E-state index in [9.17, 15) is 4.39 Å². The molecule has 15 heavy (non-hydrogen) atoms. The molecule has 80 valence electrons. The largest absolute Gasteiger partial charge is 0.344 e. The maximum absolute atomic E-state index is 13.5. The maximum Gasteiger partial charge on any atom is 0.131 e. The minimum absolute atomic E-state index is 0. The number of rotatable bonds is 1. The summed E-state index contributed by atoms with van der Waals surface area (Å²) in [5.41, 5.74) is 2.34. The minimum atomic E-state index is -0.196. The summed E-state index contributed by atoms with van der Waals surface area (Å²) in [6, 6.07) is 5.20. The van der Waals surface area contributed by atoms with Gasteiger partial charge in [0.15, 0.2) is 0 Å². The lowest BCUT2D eigenvalue weighted by Gasteiger charge is -2.00. The Morgan fingerprint density at radius 3 is 2.60 bits per heavy atom. The molecule has 1 aromatic heterocycles. The van der Waals surface area contributed by atoms with Crippen LogP contribution in [0, 0.1) is 12.7 Å². The van der Waals surface area contributed by atoms with E-state index in [1.165, 1.54) is 6.07 Å². The van der Waals surface area contributed by atoms with Gasteiger partial charge in [0.2, 0.25) is 0 Å². The molecule has 3 nitrogen and oxygen atoms in total. The van der Waals surface area contributed by atoms with Crippen molar-refractivity contribution < 1.29 is 4.39 Å². The van der Waals surface area contributed by atoms with E-state index in [1.807, 2.05) is 20.0 Å². The molecule has 0 saturated heterocycles. The Bertz CT molecular complexity index is 463. The zero-order valence-corrected chi connectivity index (χ0v) is 8.87. The number of nitrogens with zero attached hydrogens (tertiary/aromatic N) is 2.